The van der Waals surface area contributed by atoms with Crippen LogP contribution in [0.15, 0.2) is 6.20 Å². The number of carbonyl (C=O) groups is 1. The van der Waals surface area contributed by atoms with Crippen molar-refractivity contribution >= 4 is 12.1 Å². The molecule has 2 heterocycles. The van der Waals surface area contributed by atoms with Gasteiger partial charge in [0.1, 0.15) is 11.8 Å². The summed E-state index contributed by atoms with van der Waals surface area (Å²) in [5, 5.41) is 15.6. The third-order valence-corrected chi connectivity index (χ3v) is 2.16. The fraction of sp³-hybridized carbons (Fsp3) is 0.556. The van der Waals surface area contributed by atoms with E-state index in [1.54, 1.807) is 0 Å². The number of nitrogens with zero attached hydrogens (tertiary/aromatic N) is 2. The van der Waals surface area contributed by atoms with Crippen LogP contribution in [0, 0.1) is 0 Å². The van der Waals surface area contributed by atoms with E-state index in [4.69, 9.17) is 13.6 Å². The smallest absolute Gasteiger partial charge is 0.257 e. The van der Waals surface area contributed by atoms with Crippen LogP contribution in [0.25, 0.3) is 0 Å². The summed E-state index contributed by atoms with van der Waals surface area (Å²) in [4.78, 5) is 10.5. The fourth-order valence-electron chi connectivity index (χ4n) is 1.39. The molecule has 1 amide bonds. The Kier molecular flexibility index (Phi) is 2.15. The lowest BCUT2D eigenvalue weighted by Gasteiger charge is -2.13. The second-order valence-electron chi connectivity index (χ2n) is 3.32. The molecule has 7 nitrogen and oxygen atoms in total. The summed E-state index contributed by atoms with van der Waals surface area (Å²) in [5.41, 5.74) is 0.116. The molecule has 1 aliphatic heterocycles. The van der Waals surface area contributed by atoms with Crippen LogP contribution in [0.5, 0.6) is 5.88 Å². The maximum absolute atomic E-state index is 10.5. The molecule has 1 saturated heterocycles. The van der Waals surface area contributed by atoms with Gasteiger partial charge in [0.25, 0.3) is 5.88 Å². The zero-order chi connectivity index (χ0) is 14.0. The molecule has 0 spiro atoms. The molecule has 2 rings (SSSR count). The summed E-state index contributed by atoms with van der Waals surface area (Å²) in [6.07, 6.45) is 0.0583. The Balaban J connectivity index is 2.22. The van der Waals surface area contributed by atoms with Crippen LogP contribution in [-0.4, -0.2) is 46.7 Å². The first-order chi connectivity index (χ1) is 8.91. The maximum Gasteiger partial charge on any atom is 0.257 e. The normalized spacial score (nSPS) is 27.9. The highest BCUT2D eigenvalue weighted by molar-refractivity contribution is 5.73. The van der Waals surface area contributed by atoms with Crippen LogP contribution in [0.4, 0.5) is 5.69 Å². The van der Waals surface area contributed by atoms with Crippen molar-refractivity contribution in [2.75, 3.05) is 18.5 Å². The summed E-state index contributed by atoms with van der Waals surface area (Å²) in [6.45, 7) is -2.17. The second-order valence-corrected chi connectivity index (χ2v) is 3.32. The third-order valence-electron chi connectivity index (χ3n) is 2.16. The van der Waals surface area contributed by atoms with E-state index in [2.05, 4.69) is 10.4 Å². The van der Waals surface area contributed by atoms with Crippen LogP contribution in [0.1, 0.15) is 4.11 Å². The first-order valence-corrected chi connectivity index (χ1v) is 4.64. The van der Waals surface area contributed by atoms with Crippen molar-refractivity contribution in [3.05, 3.63) is 6.20 Å². The van der Waals surface area contributed by atoms with Crippen molar-refractivity contribution < 1.29 is 23.5 Å². The summed E-state index contributed by atoms with van der Waals surface area (Å²) in [5.74, 6) is -0.0715. The highest BCUT2D eigenvalue weighted by Crippen LogP contribution is 2.24. The van der Waals surface area contributed by atoms with Gasteiger partial charge in [-0.3, -0.25) is 9.48 Å². The molecule has 16 heavy (non-hydrogen) atoms. The lowest BCUT2D eigenvalue weighted by molar-refractivity contribution is -0.105. The minimum Gasteiger partial charge on any atom is -0.466 e. The Morgan fingerprint density at radius 2 is 2.75 bits per heavy atom. The number of ether oxygens (including phenoxy) is 2. The van der Waals surface area contributed by atoms with Crippen LogP contribution in [0.3, 0.4) is 0 Å². The molecule has 1 aromatic heterocycles. The number of nitrogens with one attached hydrogen (secondary N) is 1. The van der Waals surface area contributed by atoms with Crippen molar-refractivity contribution in [2.24, 2.45) is 6.98 Å². The molecule has 0 aromatic carbocycles. The molecule has 1 aliphatic rings. The van der Waals surface area contributed by atoms with Gasteiger partial charge in [-0.25, -0.2) is 0 Å². The molecule has 2 N–H and O–H groups in total. The Morgan fingerprint density at radius 1 is 1.88 bits per heavy atom. The molecule has 2 atom stereocenters. The summed E-state index contributed by atoms with van der Waals surface area (Å²) < 4.78 is 32.8. The first kappa shape index (κ1) is 7.64. The number of rotatable bonds is 4. The summed E-state index contributed by atoms with van der Waals surface area (Å²) in [6, 6.07) is 0. The van der Waals surface area contributed by atoms with Gasteiger partial charge in [-0.2, -0.15) is 0 Å². The topological polar surface area (TPSA) is 85.6 Å². The number of hydrogen-bond donors (Lipinski definition) is 2. The molecule has 0 saturated carbocycles. The monoisotopic (exact) mass is 230 g/mol. The molecule has 1 fully saturated rings. The van der Waals surface area contributed by atoms with Crippen molar-refractivity contribution in [1.82, 2.24) is 9.78 Å². The number of carbonyl (C=O) groups excluding carboxylic acids is 1. The standard InChI is InChI=1S/C9H13N3O4/c1-12-2-6(10-5-13)9(11-12)16-8-4-15-3-7(8)14/h2,5,7-8,14H,3-4H2,1H3,(H,10,13)/t7-,8-/m0/s1/i1D3. The maximum atomic E-state index is 10.5. The van der Waals surface area contributed by atoms with E-state index in [1.807, 2.05) is 0 Å². The van der Waals surface area contributed by atoms with Crippen LogP contribution < -0.4 is 10.1 Å². The molecule has 0 radical (unpaired) electrons. The molecule has 1 aromatic rings. The van der Waals surface area contributed by atoms with Crippen LogP contribution >= 0.6 is 0 Å². The van der Waals surface area contributed by atoms with Gasteiger partial charge in [-0.1, -0.05) is 0 Å². The number of amides is 1. The lowest BCUT2D eigenvalue weighted by Crippen LogP contribution is -2.30. The Bertz CT molecular complexity index is 462. The van der Waals surface area contributed by atoms with Crippen LogP contribution in [-0.2, 0) is 16.5 Å². The first-order valence-electron chi connectivity index (χ1n) is 6.14. The largest absolute Gasteiger partial charge is 0.466 e. The summed E-state index contributed by atoms with van der Waals surface area (Å²) >= 11 is 0. The van der Waals surface area contributed by atoms with Crippen molar-refractivity contribution in [3.8, 4) is 5.88 Å². The number of hydrogen-bond acceptors (Lipinski definition) is 5. The molecule has 7 heteroatoms. The van der Waals surface area contributed by atoms with E-state index in [9.17, 15) is 9.90 Å². The van der Waals surface area contributed by atoms with Crippen molar-refractivity contribution in [1.29, 1.82) is 0 Å². The highest BCUT2D eigenvalue weighted by atomic mass is 16.6. The predicted octanol–water partition coefficient (Wildman–Crippen LogP) is -0.873. The number of aryl methyl sites for hydroxylation is 1. The summed E-state index contributed by atoms with van der Waals surface area (Å²) in [7, 11) is 0. The van der Waals surface area contributed by atoms with Crippen molar-refractivity contribution in [3.63, 3.8) is 0 Å². The van der Waals surface area contributed by atoms with Gasteiger partial charge in [-0.15, -0.1) is 5.10 Å². The molecule has 88 valence electrons. The highest BCUT2D eigenvalue weighted by Gasteiger charge is 2.29. The zero-order valence-electron chi connectivity index (χ0n) is 11.3. The van der Waals surface area contributed by atoms with E-state index < -0.39 is 19.2 Å². The SMILES string of the molecule is [2H]C([2H])([2H])n1cc(NC=O)c(O[C@H]2COC[C@@H]2O)n1. The van der Waals surface area contributed by atoms with E-state index in [0.717, 1.165) is 6.20 Å². The van der Waals surface area contributed by atoms with E-state index in [0.29, 0.717) is 11.1 Å². The van der Waals surface area contributed by atoms with Gasteiger partial charge in [-0.05, 0) is 0 Å². The van der Waals surface area contributed by atoms with Gasteiger partial charge in [0.2, 0.25) is 6.41 Å². The molecular weight excluding hydrogens is 214 g/mol. The van der Waals surface area contributed by atoms with E-state index >= 15 is 0 Å². The third kappa shape index (κ3) is 2.15. The van der Waals surface area contributed by atoms with Gasteiger partial charge in [0.05, 0.1) is 19.4 Å². The predicted molar refractivity (Wildman–Crippen MR) is 54.1 cm³/mol. The number of aliphatic hydroxyl groups is 1. The molecule has 0 unspecified atom stereocenters. The van der Waals surface area contributed by atoms with Crippen LogP contribution in [0.2, 0.25) is 0 Å². The lowest BCUT2D eigenvalue weighted by atomic mass is 10.3. The van der Waals surface area contributed by atoms with E-state index in [1.165, 1.54) is 0 Å². The molecular formula is C9H13N3O4. The Hall–Kier alpha value is -1.60. The second kappa shape index (κ2) is 4.50. The fourth-order valence-corrected chi connectivity index (χ4v) is 1.39. The van der Waals surface area contributed by atoms with Gasteiger partial charge in [0.15, 0.2) is 6.10 Å². The molecule has 0 bridgehead atoms. The minimum absolute atomic E-state index is 0.0715. The minimum atomic E-state index is -2.48. The van der Waals surface area contributed by atoms with Gasteiger partial charge in [0, 0.05) is 11.1 Å². The number of aromatic nitrogens is 2. The van der Waals surface area contributed by atoms with Gasteiger partial charge >= 0.3 is 0 Å². The quantitative estimate of drug-likeness (QED) is 0.656. The molecule has 0 aliphatic carbocycles. The van der Waals surface area contributed by atoms with E-state index in [-0.39, 0.29) is 24.8 Å². The number of anilines is 1. The number of aliphatic hydroxyl groups excluding tert-OH is 1. The van der Waals surface area contributed by atoms with Gasteiger partial charge < -0.3 is 19.9 Å². The van der Waals surface area contributed by atoms with Crippen molar-refractivity contribution in [2.45, 2.75) is 12.2 Å². The Morgan fingerprint density at radius 3 is 3.38 bits per heavy atom. The average Bonchev–Trinajstić information content (AvgIpc) is 2.88. The zero-order valence-corrected chi connectivity index (χ0v) is 8.29. The average molecular weight is 230 g/mol. The Labute approximate surface area is 96.2 Å².